The maximum atomic E-state index is 10.2. The molecule has 0 amide bonds. The standard InChI is InChI=1S/C5H7NO2S/c7-4-9(5-8)2-1-6-3-9/h6H,1-3H2. The van der Waals surface area contributed by atoms with Crippen LogP contribution in [0.5, 0.6) is 0 Å². The Kier molecular flexibility index (Phi) is 1.74. The molecule has 1 fully saturated rings. The van der Waals surface area contributed by atoms with Gasteiger partial charge in [-0.15, -0.1) is 0 Å². The third-order valence-corrected chi connectivity index (χ3v) is 3.53. The van der Waals surface area contributed by atoms with Crippen molar-refractivity contribution in [3.05, 3.63) is 0 Å². The topological polar surface area (TPSA) is 46.2 Å². The lowest BCUT2D eigenvalue weighted by Crippen LogP contribution is -2.04. The molecule has 1 heterocycles. The quantitative estimate of drug-likeness (QED) is 0.467. The van der Waals surface area contributed by atoms with Gasteiger partial charge in [-0.05, 0) is 9.21 Å². The second-order valence-electron chi connectivity index (χ2n) is 1.90. The van der Waals surface area contributed by atoms with E-state index in [4.69, 9.17) is 0 Å². The molecule has 0 aromatic rings. The number of nitrogens with one attached hydrogen (secondary N) is 1. The first-order chi connectivity index (χ1) is 4.33. The molecule has 1 rings (SSSR count). The van der Waals surface area contributed by atoms with Crippen LogP contribution >= 0.6 is 9.21 Å². The number of hydrogen-bond donors (Lipinski definition) is 1. The summed E-state index contributed by atoms with van der Waals surface area (Å²) in [7, 11) is -1.76. The van der Waals surface area contributed by atoms with E-state index in [0.717, 1.165) is 6.54 Å². The fraction of sp³-hybridized carbons (Fsp3) is 0.600. The normalized spacial score (nSPS) is 22.7. The summed E-state index contributed by atoms with van der Waals surface area (Å²) in [5.74, 6) is 1.11. The summed E-state index contributed by atoms with van der Waals surface area (Å²) >= 11 is 0. The summed E-state index contributed by atoms with van der Waals surface area (Å²) < 4.78 is 0. The Labute approximate surface area is 53.5 Å². The summed E-state index contributed by atoms with van der Waals surface area (Å²) in [6, 6.07) is 0. The highest BCUT2D eigenvalue weighted by atomic mass is 32.2. The van der Waals surface area contributed by atoms with Gasteiger partial charge in [-0.1, -0.05) is 0 Å². The van der Waals surface area contributed by atoms with Gasteiger partial charge in [-0.25, -0.2) is 9.59 Å². The molecule has 50 valence electrons. The van der Waals surface area contributed by atoms with Crippen LogP contribution in [-0.2, 0) is 9.59 Å². The van der Waals surface area contributed by atoms with Crippen LogP contribution in [0.3, 0.4) is 0 Å². The van der Waals surface area contributed by atoms with Crippen LogP contribution in [0.15, 0.2) is 0 Å². The third-order valence-electron chi connectivity index (χ3n) is 1.29. The molecule has 4 heteroatoms. The van der Waals surface area contributed by atoms with Crippen LogP contribution in [-0.4, -0.2) is 28.6 Å². The number of hydrogen-bond acceptors (Lipinski definition) is 3. The SMILES string of the molecule is O=C=S1(=C=O)CCNC1. The first kappa shape index (κ1) is 6.59. The monoisotopic (exact) mass is 145 g/mol. The fourth-order valence-corrected chi connectivity index (χ4v) is 2.17. The predicted octanol–water partition coefficient (Wildman–Crippen LogP) is -0.514. The van der Waals surface area contributed by atoms with E-state index >= 15 is 0 Å². The predicted molar refractivity (Wildman–Crippen MR) is 36.7 cm³/mol. The minimum atomic E-state index is -1.76. The van der Waals surface area contributed by atoms with Crippen LogP contribution < -0.4 is 5.32 Å². The summed E-state index contributed by atoms with van der Waals surface area (Å²) in [6.45, 7) is 0.750. The van der Waals surface area contributed by atoms with Gasteiger partial charge in [0.05, 0.1) is 5.88 Å². The highest BCUT2D eigenvalue weighted by molar-refractivity contribution is 8.28. The van der Waals surface area contributed by atoms with Gasteiger partial charge in [0.2, 0.25) is 0 Å². The van der Waals surface area contributed by atoms with Gasteiger partial charge in [-0.2, -0.15) is 0 Å². The Morgan fingerprint density at radius 2 is 2.00 bits per heavy atom. The van der Waals surface area contributed by atoms with Crippen molar-refractivity contribution in [1.29, 1.82) is 0 Å². The highest BCUT2D eigenvalue weighted by Crippen LogP contribution is 2.21. The van der Waals surface area contributed by atoms with E-state index in [1.54, 1.807) is 10.5 Å². The summed E-state index contributed by atoms with van der Waals surface area (Å²) in [4.78, 5) is 20.3. The van der Waals surface area contributed by atoms with E-state index in [0.29, 0.717) is 11.6 Å². The molecule has 0 spiro atoms. The van der Waals surface area contributed by atoms with Crippen molar-refractivity contribution in [2.75, 3.05) is 18.2 Å². The van der Waals surface area contributed by atoms with Crippen molar-refractivity contribution >= 4 is 19.7 Å². The zero-order valence-electron chi connectivity index (χ0n) is 4.85. The molecule has 9 heavy (non-hydrogen) atoms. The zero-order chi connectivity index (χ0) is 6.74. The smallest absolute Gasteiger partial charge is 0.161 e. The van der Waals surface area contributed by atoms with Gasteiger partial charge >= 0.3 is 0 Å². The van der Waals surface area contributed by atoms with Crippen molar-refractivity contribution in [2.45, 2.75) is 0 Å². The van der Waals surface area contributed by atoms with Gasteiger partial charge in [0.1, 0.15) is 0 Å². The van der Waals surface area contributed by atoms with Crippen LogP contribution in [0.2, 0.25) is 0 Å². The Morgan fingerprint density at radius 1 is 1.33 bits per heavy atom. The Bertz CT molecular complexity index is 233. The van der Waals surface area contributed by atoms with E-state index in [9.17, 15) is 9.59 Å². The van der Waals surface area contributed by atoms with Crippen LogP contribution in [0.25, 0.3) is 0 Å². The van der Waals surface area contributed by atoms with Gasteiger partial charge in [0, 0.05) is 12.3 Å². The van der Waals surface area contributed by atoms with E-state index in [-0.39, 0.29) is 0 Å². The Hall–Kier alpha value is -0.530. The van der Waals surface area contributed by atoms with Crippen molar-refractivity contribution in [2.24, 2.45) is 0 Å². The molecule has 0 saturated carbocycles. The molecule has 0 atom stereocenters. The van der Waals surface area contributed by atoms with Gasteiger partial charge < -0.3 is 5.32 Å². The van der Waals surface area contributed by atoms with Gasteiger partial charge in [-0.3, -0.25) is 0 Å². The lowest BCUT2D eigenvalue weighted by atomic mass is 10.8. The molecule has 1 N–H and O–H groups in total. The molecule has 0 radical (unpaired) electrons. The molecule has 1 aliphatic rings. The molecule has 0 bridgehead atoms. The molecule has 1 saturated heterocycles. The summed E-state index contributed by atoms with van der Waals surface area (Å²) in [5.41, 5.74) is 0. The van der Waals surface area contributed by atoms with E-state index < -0.39 is 9.21 Å². The second-order valence-corrected chi connectivity index (χ2v) is 4.70. The van der Waals surface area contributed by atoms with Gasteiger partial charge in [0.15, 0.2) is 10.5 Å². The van der Waals surface area contributed by atoms with Crippen molar-refractivity contribution in [1.82, 2.24) is 5.32 Å². The second kappa shape index (κ2) is 2.38. The summed E-state index contributed by atoms with van der Waals surface area (Å²) in [5, 5.41) is 6.48. The first-order valence-electron chi connectivity index (χ1n) is 2.60. The maximum Gasteiger partial charge on any atom is 0.161 e. The van der Waals surface area contributed by atoms with E-state index in [2.05, 4.69) is 5.32 Å². The molecular formula is C5H7NO2S. The zero-order valence-corrected chi connectivity index (χ0v) is 5.66. The van der Waals surface area contributed by atoms with Crippen molar-refractivity contribution in [3.8, 4) is 0 Å². The molecular weight excluding hydrogens is 138 g/mol. The number of rotatable bonds is 0. The number of carbonyl (C=O) groups excluding carboxylic acids is 2. The van der Waals surface area contributed by atoms with Crippen LogP contribution in [0.4, 0.5) is 0 Å². The van der Waals surface area contributed by atoms with Crippen LogP contribution in [0.1, 0.15) is 0 Å². The molecule has 0 aromatic heterocycles. The molecule has 1 aliphatic heterocycles. The maximum absolute atomic E-state index is 10.2. The Balaban J connectivity index is 3.27. The molecule has 3 nitrogen and oxygen atoms in total. The largest absolute Gasteiger partial charge is 0.307 e. The molecule has 0 aromatic carbocycles. The minimum Gasteiger partial charge on any atom is -0.307 e. The van der Waals surface area contributed by atoms with Gasteiger partial charge in [0.25, 0.3) is 0 Å². The third kappa shape index (κ3) is 1.07. The highest BCUT2D eigenvalue weighted by Gasteiger charge is 2.11. The minimum absolute atomic E-state index is 0.486. The molecule has 0 aliphatic carbocycles. The van der Waals surface area contributed by atoms with E-state index in [1.165, 1.54) is 0 Å². The fourth-order valence-electron chi connectivity index (χ4n) is 0.724. The average Bonchev–Trinajstić information content (AvgIpc) is 2.36. The van der Waals surface area contributed by atoms with Crippen LogP contribution in [0, 0.1) is 0 Å². The Morgan fingerprint density at radius 3 is 2.22 bits per heavy atom. The van der Waals surface area contributed by atoms with Crippen molar-refractivity contribution < 1.29 is 9.59 Å². The molecule has 0 unspecified atom stereocenters. The average molecular weight is 145 g/mol. The van der Waals surface area contributed by atoms with Crippen molar-refractivity contribution in [3.63, 3.8) is 0 Å². The lowest BCUT2D eigenvalue weighted by Gasteiger charge is -1.89. The first-order valence-corrected chi connectivity index (χ1v) is 4.57. The lowest BCUT2D eigenvalue weighted by molar-refractivity contribution is 0.570. The van der Waals surface area contributed by atoms with E-state index in [1.807, 2.05) is 0 Å². The summed E-state index contributed by atoms with van der Waals surface area (Å²) in [6.07, 6.45) is 0.